The van der Waals surface area contributed by atoms with E-state index >= 15 is 4.39 Å². The van der Waals surface area contributed by atoms with Gasteiger partial charge in [-0.05, 0) is 63.8 Å². The van der Waals surface area contributed by atoms with Crippen molar-refractivity contribution < 1.29 is 9.50 Å². The molecule has 0 amide bonds. The van der Waals surface area contributed by atoms with Crippen LogP contribution in [0, 0.1) is 12.7 Å². The number of nitrogens with one attached hydrogen (secondary N) is 1. The molecule has 1 aliphatic heterocycles. The number of imidazole rings is 1. The molecule has 2 unspecified atom stereocenters. The fourth-order valence-corrected chi connectivity index (χ4v) is 5.54. The summed E-state index contributed by atoms with van der Waals surface area (Å²) < 4.78 is 17.1. The Balaban J connectivity index is 1.79. The first-order valence-electron chi connectivity index (χ1n) is 9.82. The van der Waals surface area contributed by atoms with Gasteiger partial charge in [0, 0.05) is 34.8 Å². The van der Waals surface area contributed by atoms with Gasteiger partial charge in [-0.2, -0.15) is 0 Å². The molecule has 28 heavy (non-hydrogen) atoms. The van der Waals surface area contributed by atoms with Gasteiger partial charge in [0.25, 0.3) is 0 Å². The molecule has 5 nitrogen and oxygen atoms in total. The van der Waals surface area contributed by atoms with Gasteiger partial charge < -0.3 is 10.4 Å². The van der Waals surface area contributed by atoms with E-state index in [4.69, 9.17) is 0 Å². The molecular formula is C22H25FN4O. The molecule has 0 bridgehead atoms. The molecule has 1 fully saturated rings. The smallest absolute Gasteiger partial charge is 0.234 e. The molecule has 146 valence electrons. The molecule has 0 radical (unpaired) electrons. The zero-order valence-electron chi connectivity index (χ0n) is 16.7. The summed E-state index contributed by atoms with van der Waals surface area (Å²) in [5, 5.41) is 15.1. The predicted molar refractivity (Wildman–Crippen MR) is 107 cm³/mol. The summed E-state index contributed by atoms with van der Waals surface area (Å²) >= 11 is 0. The number of halogens is 1. The number of hydrogen-bond acceptors (Lipinski definition) is 4. The second kappa shape index (κ2) is 5.32. The van der Waals surface area contributed by atoms with Gasteiger partial charge in [0.15, 0.2) is 0 Å². The monoisotopic (exact) mass is 380 g/mol. The highest BCUT2D eigenvalue weighted by molar-refractivity contribution is 5.72. The molecule has 3 heterocycles. The van der Waals surface area contributed by atoms with E-state index in [1.807, 2.05) is 32.9 Å². The average Bonchev–Trinajstić information content (AvgIpc) is 3.19. The molecule has 6 heteroatoms. The quantitative estimate of drug-likeness (QED) is 0.663. The highest BCUT2D eigenvalue weighted by atomic mass is 19.1. The molecule has 3 aromatic rings. The van der Waals surface area contributed by atoms with Gasteiger partial charge in [-0.1, -0.05) is 6.92 Å². The number of aromatic nitrogens is 3. The fraction of sp³-hybridized carbons (Fsp3) is 0.455. The highest BCUT2D eigenvalue weighted by Crippen LogP contribution is 2.59. The van der Waals surface area contributed by atoms with Gasteiger partial charge >= 0.3 is 0 Å². The lowest BCUT2D eigenvalue weighted by Crippen LogP contribution is -2.65. The van der Waals surface area contributed by atoms with Crippen molar-refractivity contribution >= 4 is 11.5 Å². The topological polar surface area (TPSA) is 62.5 Å². The van der Waals surface area contributed by atoms with E-state index in [2.05, 4.69) is 22.2 Å². The van der Waals surface area contributed by atoms with Crippen molar-refractivity contribution in [3.63, 3.8) is 0 Å². The molecule has 2 aromatic heterocycles. The van der Waals surface area contributed by atoms with Crippen LogP contribution < -0.4 is 5.32 Å². The minimum Gasteiger partial charge on any atom is -0.387 e. The number of nitrogens with zero attached hydrogens (tertiary/aromatic N) is 3. The zero-order valence-corrected chi connectivity index (χ0v) is 16.7. The summed E-state index contributed by atoms with van der Waals surface area (Å²) in [5.74, 6) is 0.254. The van der Waals surface area contributed by atoms with E-state index in [9.17, 15) is 5.11 Å². The minimum atomic E-state index is -0.888. The number of rotatable bonds is 1. The van der Waals surface area contributed by atoms with E-state index < -0.39 is 16.6 Å². The number of aliphatic hydroxyl groups is 1. The van der Waals surface area contributed by atoms with Crippen molar-refractivity contribution in [3.05, 3.63) is 47.7 Å². The molecule has 1 saturated carbocycles. The first-order chi connectivity index (χ1) is 13.2. The predicted octanol–water partition coefficient (Wildman–Crippen LogP) is 4.22. The third-order valence-electron chi connectivity index (χ3n) is 7.09. The SMILES string of the molecule is Cc1cc(-c2cc3c(cc2F)NC(C)(C)C2(O)CCCC32C)n2ccnc2n1. The van der Waals surface area contributed by atoms with E-state index in [0.717, 1.165) is 41.9 Å². The number of anilines is 1. The minimum absolute atomic E-state index is 0.297. The summed E-state index contributed by atoms with van der Waals surface area (Å²) in [6.45, 7) is 8.02. The number of fused-ring (bicyclic) bond motifs is 4. The lowest BCUT2D eigenvalue weighted by Gasteiger charge is -2.55. The summed E-state index contributed by atoms with van der Waals surface area (Å²) in [4.78, 5) is 8.67. The lowest BCUT2D eigenvalue weighted by molar-refractivity contribution is -0.0628. The van der Waals surface area contributed by atoms with Crippen LogP contribution in [-0.2, 0) is 5.41 Å². The van der Waals surface area contributed by atoms with Crippen LogP contribution in [0.4, 0.5) is 10.1 Å². The van der Waals surface area contributed by atoms with E-state index in [-0.39, 0.29) is 5.82 Å². The second-order valence-electron chi connectivity index (χ2n) is 9.05. The lowest BCUT2D eigenvalue weighted by atomic mass is 9.60. The van der Waals surface area contributed by atoms with Gasteiger partial charge in [0.05, 0.1) is 16.8 Å². The van der Waals surface area contributed by atoms with Crippen molar-refractivity contribution in [1.29, 1.82) is 0 Å². The normalized spacial score (nSPS) is 28.1. The molecule has 2 atom stereocenters. The maximum absolute atomic E-state index is 15.3. The molecule has 2 aliphatic rings. The standard InChI is InChI=1S/C22H25FN4O/c1-13-10-18(27-9-8-24-19(27)25-13)14-11-15-17(12-16(14)23)26-20(2,3)22(28)7-5-6-21(15,22)4/h8-12,26,28H,5-7H2,1-4H3. The largest absolute Gasteiger partial charge is 0.387 e. The van der Waals surface area contributed by atoms with Crippen LogP contribution in [0.2, 0.25) is 0 Å². The summed E-state index contributed by atoms with van der Waals surface area (Å²) in [6.07, 6.45) is 6.02. The summed E-state index contributed by atoms with van der Waals surface area (Å²) in [6, 6.07) is 5.37. The van der Waals surface area contributed by atoms with Gasteiger partial charge in [0.2, 0.25) is 5.78 Å². The molecule has 2 N–H and O–H groups in total. The maximum atomic E-state index is 15.3. The van der Waals surface area contributed by atoms with Crippen LogP contribution in [0.5, 0.6) is 0 Å². The molecular weight excluding hydrogens is 355 g/mol. The van der Waals surface area contributed by atoms with Crippen molar-refractivity contribution in [2.75, 3.05) is 5.32 Å². The van der Waals surface area contributed by atoms with Gasteiger partial charge in [-0.3, -0.25) is 4.40 Å². The van der Waals surface area contributed by atoms with E-state index in [1.54, 1.807) is 22.9 Å². The fourth-order valence-electron chi connectivity index (χ4n) is 5.54. The Morgan fingerprint density at radius 2 is 1.96 bits per heavy atom. The number of aryl methyl sites for hydroxylation is 1. The van der Waals surface area contributed by atoms with Crippen LogP contribution in [0.25, 0.3) is 17.0 Å². The zero-order chi connectivity index (χ0) is 19.9. The molecule has 0 spiro atoms. The van der Waals surface area contributed by atoms with Gasteiger partial charge in [-0.15, -0.1) is 0 Å². The van der Waals surface area contributed by atoms with E-state index in [0.29, 0.717) is 11.3 Å². The maximum Gasteiger partial charge on any atom is 0.234 e. The third-order valence-corrected chi connectivity index (χ3v) is 7.09. The first kappa shape index (κ1) is 17.6. The third kappa shape index (κ3) is 2.04. The van der Waals surface area contributed by atoms with Crippen molar-refractivity contribution in [3.8, 4) is 11.3 Å². The Morgan fingerprint density at radius 3 is 2.75 bits per heavy atom. The van der Waals surface area contributed by atoms with Crippen LogP contribution in [0.15, 0.2) is 30.6 Å². The second-order valence-corrected chi connectivity index (χ2v) is 9.05. The number of benzene rings is 1. The van der Waals surface area contributed by atoms with Crippen LogP contribution in [-0.4, -0.2) is 30.6 Å². The van der Waals surface area contributed by atoms with Crippen molar-refractivity contribution in [2.24, 2.45) is 0 Å². The van der Waals surface area contributed by atoms with E-state index in [1.165, 1.54) is 0 Å². The summed E-state index contributed by atoms with van der Waals surface area (Å²) in [7, 11) is 0. The van der Waals surface area contributed by atoms with Gasteiger partial charge in [-0.25, -0.2) is 14.4 Å². The van der Waals surface area contributed by atoms with Crippen molar-refractivity contribution in [1.82, 2.24) is 14.4 Å². The Morgan fingerprint density at radius 1 is 1.18 bits per heavy atom. The molecule has 1 aromatic carbocycles. The van der Waals surface area contributed by atoms with Crippen LogP contribution in [0.1, 0.15) is 51.3 Å². The van der Waals surface area contributed by atoms with Crippen LogP contribution >= 0.6 is 0 Å². The summed E-state index contributed by atoms with van der Waals surface area (Å²) in [5.41, 5.74) is 1.90. The first-order valence-corrected chi connectivity index (χ1v) is 9.82. The Hall–Kier alpha value is -2.47. The molecule has 5 rings (SSSR count). The Labute approximate surface area is 163 Å². The highest BCUT2D eigenvalue weighted by Gasteiger charge is 2.62. The van der Waals surface area contributed by atoms with Crippen molar-refractivity contribution in [2.45, 2.75) is 63.5 Å². The molecule has 0 saturated heterocycles. The number of hydrogen-bond donors (Lipinski definition) is 2. The Kier molecular flexibility index (Phi) is 3.35. The Bertz CT molecular complexity index is 1120. The van der Waals surface area contributed by atoms with Gasteiger partial charge in [0.1, 0.15) is 5.82 Å². The van der Waals surface area contributed by atoms with Crippen LogP contribution in [0.3, 0.4) is 0 Å². The molecule has 1 aliphatic carbocycles. The average molecular weight is 380 g/mol.